The number of nitrogens with one attached hydrogen (secondary N) is 1. The van der Waals surface area contributed by atoms with Gasteiger partial charge in [0, 0.05) is 20.1 Å². The zero-order valence-corrected chi connectivity index (χ0v) is 8.99. The third kappa shape index (κ3) is 5.90. The zero-order chi connectivity index (χ0) is 11.0. The maximum atomic E-state index is 11.1. The molecule has 0 bridgehead atoms. The summed E-state index contributed by atoms with van der Waals surface area (Å²) < 4.78 is 0. The van der Waals surface area contributed by atoms with Crippen LogP contribution in [0.15, 0.2) is 0 Å². The van der Waals surface area contributed by atoms with E-state index in [9.17, 15) is 9.90 Å². The summed E-state index contributed by atoms with van der Waals surface area (Å²) in [4.78, 5) is 13.0. The van der Waals surface area contributed by atoms with Crippen LogP contribution in [-0.2, 0) is 4.79 Å². The highest BCUT2D eigenvalue weighted by molar-refractivity contribution is 5.77. The van der Waals surface area contributed by atoms with E-state index < -0.39 is 6.10 Å². The maximum Gasteiger partial charge on any atom is 0.233 e. The lowest BCUT2D eigenvalue weighted by molar-refractivity contribution is -0.122. The summed E-state index contributed by atoms with van der Waals surface area (Å²) in [5, 5.41) is 11.9. The van der Waals surface area contributed by atoms with E-state index in [-0.39, 0.29) is 12.5 Å². The number of rotatable bonds is 7. The molecule has 0 saturated heterocycles. The number of hydrogen-bond donors (Lipinski definition) is 3. The number of nitrogens with zero attached hydrogens (tertiary/aromatic N) is 1. The smallest absolute Gasteiger partial charge is 0.233 e. The van der Waals surface area contributed by atoms with E-state index in [1.54, 1.807) is 7.05 Å². The lowest BCUT2D eigenvalue weighted by atomic mass is 10.3. The van der Waals surface area contributed by atoms with Crippen molar-refractivity contribution < 1.29 is 9.90 Å². The first kappa shape index (κ1) is 13.4. The molecule has 0 saturated carbocycles. The molecule has 0 radical (unpaired) electrons. The van der Waals surface area contributed by atoms with Crippen molar-refractivity contribution in [3.05, 3.63) is 0 Å². The predicted molar refractivity (Wildman–Crippen MR) is 55.9 cm³/mol. The highest BCUT2D eigenvalue weighted by Crippen LogP contribution is 1.94. The molecular formula is C9H21N3O2. The quantitative estimate of drug-likeness (QED) is 0.484. The summed E-state index contributed by atoms with van der Waals surface area (Å²) in [7, 11) is 1.60. The Bertz CT molecular complexity index is 164. The molecule has 0 heterocycles. The van der Waals surface area contributed by atoms with Gasteiger partial charge in [-0.2, -0.15) is 0 Å². The second kappa shape index (κ2) is 7.73. The molecule has 14 heavy (non-hydrogen) atoms. The van der Waals surface area contributed by atoms with Gasteiger partial charge >= 0.3 is 0 Å². The van der Waals surface area contributed by atoms with E-state index in [1.165, 1.54) is 0 Å². The molecule has 0 aliphatic carbocycles. The lowest BCUT2D eigenvalue weighted by Crippen LogP contribution is -2.42. The van der Waals surface area contributed by atoms with Crippen molar-refractivity contribution in [1.29, 1.82) is 0 Å². The monoisotopic (exact) mass is 203 g/mol. The molecular weight excluding hydrogens is 182 g/mol. The van der Waals surface area contributed by atoms with Gasteiger partial charge in [0.15, 0.2) is 0 Å². The first-order chi connectivity index (χ1) is 6.63. The van der Waals surface area contributed by atoms with Crippen LogP contribution in [0.2, 0.25) is 0 Å². The van der Waals surface area contributed by atoms with Crippen LogP contribution in [0.4, 0.5) is 0 Å². The Kier molecular flexibility index (Phi) is 7.37. The summed E-state index contributed by atoms with van der Waals surface area (Å²) in [5.41, 5.74) is 5.30. The summed E-state index contributed by atoms with van der Waals surface area (Å²) in [6.07, 6.45) is 0.403. The lowest BCUT2D eigenvalue weighted by Gasteiger charge is -2.22. The number of nitrogens with two attached hydrogens (primary N) is 1. The Morgan fingerprint density at radius 1 is 1.64 bits per heavy atom. The van der Waals surface area contributed by atoms with Crippen LogP contribution in [0.1, 0.15) is 13.3 Å². The Balaban J connectivity index is 3.94. The van der Waals surface area contributed by atoms with E-state index in [1.807, 2.05) is 11.8 Å². The fraction of sp³-hybridized carbons (Fsp3) is 0.889. The maximum absolute atomic E-state index is 11.1. The number of hydrogen-bond acceptors (Lipinski definition) is 4. The number of likely N-dealkylation sites (N-methyl/N-ethyl adjacent to an activating group) is 1. The second-order valence-electron chi connectivity index (χ2n) is 3.30. The normalized spacial score (nSPS) is 12.9. The number of carbonyl (C=O) groups excluding carboxylic acids is 1. The molecule has 0 rings (SSSR count). The van der Waals surface area contributed by atoms with E-state index in [0.29, 0.717) is 13.1 Å². The van der Waals surface area contributed by atoms with Gasteiger partial charge in [0.1, 0.15) is 0 Å². The van der Waals surface area contributed by atoms with Gasteiger partial charge in [-0.05, 0) is 13.0 Å². The van der Waals surface area contributed by atoms with Gasteiger partial charge in [-0.1, -0.05) is 6.92 Å². The molecule has 0 aliphatic rings. The van der Waals surface area contributed by atoms with Crippen molar-refractivity contribution in [2.24, 2.45) is 5.73 Å². The molecule has 0 aromatic carbocycles. The minimum atomic E-state index is -0.550. The van der Waals surface area contributed by atoms with Crippen LogP contribution in [0.5, 0.6) is 0 Å². The zero-order valence-electron chi connectivity index (χ0n) is 8.99. The fourth-order valence-corrected chi connectivity index (χ4v) is 1.21. The molecule has 1 atom stereocenters. The average Bonchev–Trinajstić information content (AvgIpc) is 2.17. The van der Waals surface area contributed by atoms with Crippen molar-refractivity contribution >= 4 is 5.91 Å². The van der Waals surface area contributed by atoms with Gasteiger partial charge in [-0.25, -0.2) is 0 Å². The van der Waals surface area contributed by atoms with E-state index in [0.717, 1.165) is 13.0 Å². The standard InChI is InChI=1S/C9H21N3O2/c1-3-4-12(6-8(13)5-10)7-9(14)11-2/h8,13H,3-7,10H2,1-2H3,(H,11,14). The highest BCUT2D eigenvalue weighted by atomic mass is 16.3. The van der Waals surface area contributed by atoms with Crippen molar-refractivity contribution in [2.75, 3.05) is 33.2 Å². The molecule has 0 fully saturated rings. The molecule has 0 aliphatic heterocycles. The fourth-order valence-electron chi connectivity index (χ4n) is 1.21. The van der Waals surface area contributed by atoms with E-state index in [2.05, 4.69) is 5.32 Å². The van der Waals surface area contributed by atoms with Crippen molar-refractivity contribution in [3.8, 4) is 0 Å². The predicted octanol–water partition coefficient (Wildman–Crippen LogP) is -1.24. The molecule has 5 heteroatoms. The average molecular weight is 203 g/mol. The highest BCUT2D eigenvalue weighted by Gasteiger charge is 2.12. The third-order valence-electron chi connectivity index (χ3n) is 1.93. The largest absolute Gasteiger partial charge is 0.390 e. The summed E-state index contributed by atoms with van der Waals surface area (Å²) in [6, 6.07) is 0. The Labute approximate surface area is 85.3 Å². The van der Waals surface area contributed by atoms with Crippen molar-refractivity contribution in [3.63, 3.8) is 0 Å². The van der Waals surface area contributed by atoms with Crippen LogP contribution >= 0.6 is 0 Å². The first-order valence-corrected chi connectivity index (χ1v) is 4.95. The van der Waals surface area contributed by atoms with Gasteiger partial charge in [0.2, 0.25) is 5.91 Å². The van der Waals surface area contributed by atoms with E-state index in [4.69, 9.17) is 5.73 Å². The van der Waals surface area contributed by atoms with Crippen molar-refractivity contribution in [1.82, 2.24) is 10.2 Å². The molecule has 5 nitrogen and oxygen atoms in total. The Hall–Kier alpha value is -0.650. The third-order valence-corrected chi connectivity index (χ3v) is 1.93. The van der Waals surface area contributed by atoms with Gasteiger partial charge in [0.25, 0.3) is 0 Å². The van der Waals surface area contributed by atoms with Crippen molar-refractivity contribution in [2.45, 2.75) is 19.4 Å². The SMILES string of the molecule is CCCN(CC(=O)NC)CC(O)CN. The van der Waals surface area contributed by atoms with Crippen LogP contribution in [-0.4, -0.2) is 55.2 Å². The van der Waals surface area contributed by atoms with Gasteiger partial charge in [-0.15, -0.1) is 0 Å². The summed E-state index contributed by atoms with van der Waals surface area (Å²) in [6.45, 7) is 3.84. The number of carbonyl (C=O) groups is 1. The van der Waals surface area contributed by atoms with Crippen LogP contribution in [0, 0.1) is 0 Å². The van der Waals surface area contributed by atoms with Gasteiger partial charge < -0.3 is 16.2 Å². The Morgan fingerprint density at radius 3 is 2.71 bits per heavy atom. The molecule has 84 valence electrons. The topological polar surface area (TPSA) is 78.6 Å². The molecule has 0 spiro atoms. The van der Waals surface area contributed by atoms with Crippen LogP contribution in [0.25, 0.3) is 0 Å². The summed E-state index contributed by atoms with van der Waals surface area (Å²) >= 11 is 0. The van der Waals surface area contributed by atoms with Crippen LogP contribution < -0.4 is 11.1 Å². The first-order valence-electron chi connectivity index (χ1n) is 4.95. The molecule has 0 aromatic rings. The van der Waals surface area contributed by atoms with Gasteiger partial charge in [-0.3, -0.25) is 9.69 Å². The van der Waals surface area contributed by atoms with Gasteiger partial charge in [0.05, 0.1) is 12.6 Å². The number of aliphatic hydroxyl groups excluding tert-OH is 1. The minimum absolute atomic E-state index is 0.0392. The number of aliphatic hydroxyl groups is 1. The molecule has 4 N–H and O–H groups in total. The molecule has 0 aromatic heterocycles. The summed E-state index contributed by atoms with van der Waals surface area (Å²) in [5.74, 6) is -0.0392. The molecule has 1 amide bonds. The molecule has 1 unspecified atom stereocenters. The van der Waals surface area contributed by atoms with Crippen LogP contribution in [0.3, 0.4) is 0 Å². The number of amides is 1. The van der Waals surface area contributed by atoms with E-state index >= 15 is 0 Å². The second-order valence-corrected chi connectivity index (χ2v) is 3.30. The Morgan fingerprint density at radius 2 is 2.29 bits per heavy atom. The minimum Gasteiger partial charge on any atom is -0.390 e.